The molecule has 0 aliphatic carbocycles. The molecule has 3 rings (SSSR count). The van der Waals surface area contributed by atoms with Gasteiger partial charge in [0.1, 0.15) is 15.6 Å². The summed E-state index contributed by atoms with van der Waals surface area (Å²) in [6.45, 7) is 2.42. The number of ether oxygens (including phenoxy) is 1. The van der Waals surface area contributed by atoms with E-state index in [0.29, 0.717) is 11.4 Å². The molecule has 0 saturated carbocycles. The zero-order valence-electron chi connectivity index (χ0n) is 13.8. The summed E-state index contributed by atoms with van der Waals surface area (Å²) in [5.74, 6) is 0.788. The zero-order chi connectivity index (χ0) is 17.1. The molecule has 2 aromatic heterocycles. The van der Waals surface area contributed by atoms with E-state index in [2.05, 4.69) is 4.98 Å². The van der Waals surface area contributed by atoms with Crippen molar-refractivity contribution in [2.45, 2.75) is 13.5 Å². The van der Waals surface area contributed by atoms with Gasteiger partial charge in [-0.25, -0.2) is 4.98 Å². The maximum absolute atomic E-state index is 12.8. The monoisotopic (exact) mass is 358 g/mol. The lowest BCUT2D eigenvalue weighted by atomic mass is 10.2. The van der Waals surface area contributed by atoms with Crippen molar-refractivity contribution in [1.29, 1.82) is 0 Å². The first kappa shape index (κ1) is 16.7. The Bertz CT molecular complexity index is 841. The summed E-state index contributed by atoms with van der Waals surface area (Å²) in [4.78, 5) is 19.7. The standard InChI is InChI=1S/C18H18N2O2S2/c1-12-16(24-17(19-12)14-7-8-23-11-14)18(21)20(2)10-13-5-4-6-15(9-13)22-3/h4-9,11H,10H2,1-3H3. The third-order valence-corrected chi connectivity index (χ3v) is 5.54. The Balaban J connectivity index is 1.78. The molecule has 24 heavy (non-hydrogen) atoms. The van der Waals surface area contributed by atoms with Crippen LogP contribution in [0.4, 0.5) is 0 Å². The number of aromatic nitrogens is 1. The molecule has 0 aliphatic heterocycles. The lowest BCUT2D eigenvalue weighted by Gasteiger charge is -2.17. The van der Waals surface area contributed by atoms with E-state index in [1.807, 2.05) is 55.1 Å². The molecule has 124 valence electrons. The molecule has 0 fully saturated rings. The number of carbonyl (C=O) groups is 1. The summed E-state index contributed by atoms with van der Waals surface area (Å²) in [7, 11) is 3.45. The summed E-state index contributed by atoms with van der Waals surface area (Å²) in [6.07, 6.45) is 0. The van der Waals surface area contributed by atoms with Crippen LogP contribution >= 0.6 is 22.7 Å². The highest BCUT2D eigenvalue weighted by Gasteiger charge is 2.20. The van der Waals surface area contributed by atoms with Gasteiger partial charge in [0.25, 0.3) is 5.91 Å². The van der Waals surface area contributed by atoms with Gasteiger partial charge in [-0.2, -0.15) is 11.3 Å². The van der Waals surface area contributed by atoms with E-state index >= 15 is 0 Å². The molecule has 6 heteroatoms. The number of methoxy groups -OCH3 is 1. The molecule has 0 atom stereocenters. The fourth-order valence-electron chi connectivity index (χ4n) is 2.39. The van der Waals surface area contributed by atoms with Crippen molar-refractivity contribution in [2.75, 3.05) is 14.2 Å². The largest absolute Gasteiger partial charge is 0.497 e. The van der Waals surface area contributed by atoms with E-state index in [0.717, 1.165) is 27.6 Å². The number of carbonyl (C=O) groups excluding carboxylic acids is 1. The van der Waals surface area contributed by atoms with Gasteiger partial charge in [0.15, 0.2) is 0 Å². The smallest absolute Gasteiger partial charge is 0.265 e. The van der Waals surface area contributed by atoms with Crippen LogP contribution in [0.25, 0.3) is 10.6 Å². The Labute approximate surface area is 149 Å². The number of nitrogens with zero attached hydrogens (tertiary/aromatic N) is 2. The second kappa shape index (κ2) is 7.15. The van der Waals surface area contributed by atoms with Crippen molar-refractivity contribution in [1.82, 2.24) is 9.88 Å². The molecule has 0 N–H and O–H groups in total. The molecule has 3 aromatic rings. The van der Waals surface area contributed by atoms with Gasteiger partial charge in [0, 0.05) is 24.5 Å². The molecule has 0 unspecified atom stereocenters. The number of thiophene rings is 1. The number of thiazole rings is 1. The fraction of sp³-hybridized carbons (Fsp3) is 0.222. The maximum Gasteiger partial charge on any atom is 0.265 e. The van der Waals surface area contributed by atoms with Gasteiger partial charge in [0.2, 0.25) is 0 Å². The lowest BCUT2D eigenvalue weighted by molar-refractivity contribution is 0.0789. The van der Waals surface area contributed by atoms with E-state index in [-0.39, 0.29) is 5.91 Å². The first-order valence-electron chi connectivity index (χ1n) is 7.47. The van der Waals surface area contributed by atoms with E-state index in [4.69, 9.17) is 4.74 Å². The highest BCUT2D eigenvalue weighted by atomic mass is 32.1. The predicted molar refractivity (Wildman–Crippen MR) is 99.0 cm³/mol. The van der Waals surface area contributed by atoms with Crippen LogP contribution in [0, 0.1) is 6.92 Å². The molecule has 0 spiro atoms. The lowest BCUT2D eigenvalue weighted by Crippen LogP contribution is -2.26. The molecule has 4 nitrogen and oxygen atoms in total. The molecular weight excluding hydrogens is 340 g/mol. The van der Waals surface area contributed by atoms with Crippen molar-refractivity contribution in [3.05, 3.63) is 57.2 Å². The highest BCUT2D eigenvalue weighted by molar-refractivity contribution is 7.17. The first-order valence-corrected chi connectivity index (χ1v) is 9.23. The number of rotatable bonds is 5. The van der Waals surface area contributed by atoms with Crippen LogP contribution in [0.15, 0.2) is 41.1 Å². The molecule has 0 saturated heterocycles. The van der Waals surface area contributed by atoms with Crippen LogP contribution in [0.1, 0.15) is 20.9 Å². The number of aryl methyl sites for hydroxylation is 1. The van der Waals surface area contributed by atoms with Gasteiger partial charge in [-0.05, 0) is 36.1 Å². The number of amides is 1. The number of benzene rings is 1. The number of hydrogen-bond acceptors (Lipinski definition) is 5. The van der Waals surface area contributed by atoms with Crippen LogP contribution in [0.5, 0.6) is 5.75 Å². The van der Waals surface area contributed by atoms with Crippen LogP contribution in [-0.4, -0.2) is 29.9 Å². The van der Waals surface area contributed by atoms with E-state index < -0.39 is 0 Å². The maximum atomic E-state index is 12.8. The summed E-state index contributed by atoms with van der Waals surface area (Å²) in [5.41, 5.74) is 2.89. The van der Waals surface area contributed by atoms with Gasteiger partial charge in [-0.1, -0.05) is 12.1 Å². The van der Waals surface area contributed by atoms with Gasteiger partial charge in [-0.3, -0.25) is 4.79 Å². The Morgan fingerprint density at radius 2 is 2.17 bits per heavy atom. The van der Waals surface area contributed by atoms with E-state index in [1.54, 1.807) is 23.3 Å². The summed E-state index contributed by atoms with van der Waals surface area (Å²) < 4.78 is 5.23. The Hall–Kier alpha value is -2.18. The Morgan fingerprint density at radius 3 is 2.88 bits per heavy atom. The summed E-state index contributed by atoms with van der Waals surface area (Å²) in [6, 6.07) is 9.78. The average molecular weight is 358 g/mol. The topological polar surface area (TPSA) is 42.4 Å². The molecule has 0 radical (unpaired) electrons. The molecule has 0 aliphatic rings. The van der Waals surface area contributed by atoms with E-state index in [1.165, 1.54) is 11.3 Å². The number of hydrogen-bond donors (Lipinski definition) is 0. The predicted octanol–water partition coefficient (Wildman–Crippen LogP) is 4.46. The second-order valence-corrected chi connectivity index (χ2v) is 7.24. The fourth-order valence-corrected chi connectivity index (χ4v) is 4.17. The minimum Gasteiger partial charge on any atom is -0.497 e. The second-order valence-electron chi connectivity index (χ2n) is 5.46. The van der Waals surface area contributed by atoms with E-state index in [9.17, 15) is 4.79 Å². The Kier molecular flexibility index (Phi) is 4.97. The molecule has 1 aromatic carbocycles. The molecular formula is C18H18N2O2S2. The summed E-state index contributed by atoms with van der Waals surface area (Å²) >= 11 is 3.08. The van der Waals surface area contributed by atoms with Gasteiger partial charge in [-0.15, -0.1) is 11.3 Å². The van der Waals surface area contributed by atoms with Crippen LogP contribution < -0.4 is 4.74 Å². The van der Waals surface area contributed by atoms with Gasteiger partial charge >= 0.3 is 0 Å². The first-order chi connectivity index (χ1) is 11.6. The third kappa shape index (κ3) is 3.49. The quantitative estimate of drug-likeness (QED) is 0.676. The van der Waals surface area contributed by atoms with Gasteiger partial charge in [0.05, 0.1) is 12.8 Å². The highest BCUT2D eigenvalue weighted by Crippen LogP contribution is 2.30. The van der Waals surface area contributed by atoms with Crippen LogP contribution in [0.2, 0.25) is 0 Å². The molecule has 1 amide bonds. The SMILES string of the molecule is COc1cccc(CN(C)C(=O)c2sc(-c3ccsc3)nc2C)c1. The van der Waals surface area contributed by atoms with Crippen molar-refractivity contribution in [3.63, 3.8) is 0 Å². The molecule has 0 bridgehead atoms. The zero-order valence-corrected chi connectivity index (χ0v) is 15.4. The minimum absolute atomic E-state index is 0.00528. The minimum atomic E-state index is -0.00528. The Morgan fingerprint density at radius 1 is 1.33 bits per heavy atom. The average Bonchev–Trinajstić information content (AvgIpc) is 3.23. The van der Waals surface area contributed by atoms with Crippen molar-refractivity contribution in [3.8, 4) is 16.3 Å². The van der Waals surface area contributed by atoms with Gasteiger partial charge < -0.3 is 9.64 Å². The van der Waals surface area contributed by atoms with Crippen molar-refractivity contribution < 1.29 is 9.53 Å². The van der Waals surface area contributed by atoms with Crippen molar-refractivity contribution in [2.24, 2.45) is 0 Å². The summed E-state index contributed by atoms with van der Waals surface area (Å²) in [5, 5.41) is 4.96. The normalized spacial score (nSPS) is 10.6. The molecule has 2 heterocycles. The third-order valence-electron chi connectivity index (χ3n) is 3.66. The van der Waals surface area contributed by atoms with Crippen molar-refractivity contribution >= 4 is 28.6 Å². The van der Waals surface area contributed by atoms with Crippen LogP contribution in [-0.2, 0) is 6.54 Å². The van der Waals surface area contributed by atoms with Crippen LogP contribution in [0.3, 0.4) is 0 Å².